The molecule has 1 N–H and O–H groups in total. The Balaban J connectivity index is 1.17. The van der Waals surface area contributed by atoms with Gasteiger partial charge in [0.1, 0.15) is 11.5 Å². The Hall–Kier alpha value is -2.73. The predicted molar refractivity (Wildman–Crippen MR) is 132 cm³/mol. The van der Waals surface area contributed by atoms with Crippen LogP contribution < -0.4 is 10.1 Å². The molecule has 3 aromatic carbocycles. The second-order valence-electron chi connectivity index (χ2n) is 8.60. The summed E-state index contributed by atoms with van der Waals surface area (Å²) in [6, 6.07) is 23.3. The standard InChI is InChI=1S/C26H25Cl2N3O2/c1-17(24-4-2-3-5-25(24)28)30-15-21-14-20(30)16-31(21)26(32)29-19-8-12-23(13-9-19)33-22-10-6-18(27)7-11-22/h2-13,17,20-21H,14-16H2,1H3,(H,29,32). The second kappa shape index (κ2) is 9.26. The van der Waals surface area contributed by atoms with E-state index in [1.54, 1.807) is 12.1 Å². The van der Waals surface area contributed by atoms with Crippen LogP contribution in [0.1, 0.15) is 24.9 Å². The average molecular weight is 482 g/mol. The van der Waals surface area contributed by atoms with Gasteiger partial charge >= 0.3 is 6.03 Å². The monoisotopic (exact) mass is 481 g/mol. The van der Waals surface area contributed by atoms with Crippen LogP contribution in [0.5, 0.6) is 11.5 Å². The first-order chi connectivity index (χ1) is 16.0. The molecule has 2 bridgehead atoms. The second-order valence-corrected chi connectivity index (χ2v) is 9.44. The van der Waals surface area contributed by atoms with E-state index in [4.69, 9.17) is 27.9 Å². The topological polar surface area (TPSA) is 44.8 Å². The first-order valence-electron chi connectivity index (χ1n) is 11.1. The zero-order chi connectivity index (χ0) is 22.9. The SMILES string of the molecule is CC(c1ccccc1Cl)N1CC2CC1CN2C(=O)Nc1ccc(Oc2ccc(Cl)cc2)cc1. The fourth-order valence-corrected chi connectivity index (χ4v) is 5.27. The lowest BCUT2D eigenvalue weighted by molar-refractivity contribution is 0.115. The molecule has 2 saturated heterocycles. The van der Waals surface area contributed by atoms with Gasteiger partial charge in [0.25, 0.3) is 0 Å². The summed E-state index contributed by atoms with van der Waals surface area (Å²) in [5.41, 5.74) is 1.89. The van der Waals surface area contributed by atoms with Crippen LogP contribution in [0.15, 0.2) is 72.8 Å². The number of hydrogen-bond donors (Lipinski definition) is 1. The number of piperazine rings is 1. The van der Waals surface area contributed by atoms with Gasteiger partial charge in [-0.3, -0.25) is 4.90 Å². The molecule has 2 aliphatic heterocycles. The highest BCUT2D eigenvalue weighted by molar-refractivity contribution is 6.31. The first kappa shape index (κ1) is 22.1. The lowest BCUT2D eigenvalue weighted by atomic mass is 10.1. The molecule has 0 aliphatic carbocycles. The summed E-state index contributed by atoms with van der Waals surface area (Å²) in [5, 5.41) is 4.49. The number of carbonyl (C=O) groups is 1. The molecule has 5 nitrogen and oxygen atoms in total. The number of benzene rings is 3. The van der Waals surface area contributed by atoms with Crippen molar-refractivity contribution in [3.8, 4) is 11.5 Å². The van der Waals surface area contributed by atoms with Gasteiger partial charge in [-0.1, -0.05) is 41.4 Å². The Morgan fingerprint density at radius 3 is 2.24 bits per heavy atom. The molecule has 2 fully saturated rings. The molecule has 3 atom stereocenters. The summed E-state index contributed by atoms with van der Waals surface area (Å²) >= 11 is 12.3. The molecule has 0 saturated carbocycles. The molecule has 2 heterocycles. The van der Waals surface area contributed by atoms with Gasteiger partial charge in [-0.15, -0.1) is 0 Å². The van der Waals surface area contributed by atoms with Crippen molar-refractivity contribution in [3.63, 3.8) is 0 Å². The van der Waals surface area contributed by atoms with Gasteiger partial charge < -0.3 is 15.0 Å². The minimum absolute atomic E-state index is 0.0566. The number of fused-ring (bicyclic) bond motifs is 2. The number of amides is 2. The third kappa shape index (κ3) is 4.67. The summed E-state index contributed by atoms with van der Waals surface area (Å²) < 4.78 is 5.82. The lowest BCUT2D eigenvalue weighted by Crippen LogP contribution is -2.50. The fourth-order valence-electron chi connectivity index (χ4n) is 4.85. The van der Waals surface area contributed by atoms with Crippen molar-refractivity contribution in [1.82, 2.24) is 9.80 Å². The number of nitrogens with one attached hydrogen (secondary N) is 1. The lowest BCUT2D eigenvalue weighted by Gasteiger charge is -2.38. The van der Waals surface area contributed by atoms with Gasteiger partial charge in [0.05, 0.1) is 0 Å². The molecule has 170 valence electrons. The molecule has 33 heavy (non-hydrogen) atoms. The van der Waals surface area contributed by atoms with Gasteiger partial charge in [-0.2, -0.15) is 0 Å². The molecule has 0 radical (unpaired) electrons. The van der Waals surface area contributed by atoms with Crippen LogP contribution in [-0.2, 0) is 0 Å². The summed E-state index contributed by atoms with van der Waals surface area (Å²) in [5.74, 6) is 1.40. The quantitative estimate of drug-likeness (QED) is 0.433. The summed E-state index contributed by atoms with van der Waals surface area (Å²) in [6.07, 6.45) is 0.996. The van der Waals surface area contributed by atoms with Gasteiger partial charge in [0, 0.05) is 46.9 Å². The molecular weight excluding hydrogens is 457 g/mol. The molecule has 5 rings (SSSR count). The zero-order valence-electron chi connectivity index (χ0n) is 18.2. The minimum atomic E-state index is -0.0566. The highest BCUT2D eigenvalue weighted by Gasteiger charge is 2.47. The van der Waals surface area contributed by atoms with E-state index in [2.05, 4.69) is 23.2 Å². The van der Waals surface area contributed by atoms with E-state index in [-0.39, 0.29) is 18.1 Å². The number of anilines is 1. The van der Waals surface area contributed by atoms with E-state index in [0.29, 0.717) is 22.6 Å². The Morgan fingerprint density at radius 1 is 0.939 bits per heavy atom. The summed E-state index contributed by atoms with van der Waals surface area (Å²) in [7, 11) is 0. The van der Waals surface area contributed by atoms with Gasteiger partial charge in [0.15, 0.2) is 0 Å². The third-order valence-electron chi connectivity index (χ3n) is 6.55. The molecule has 3 aromatic rings. The van der Waals surface area contributed by atoms with Crippen molar-refractivity contribution in [1.29, 1.82) is 0 Å². The van der Waals surface area contributed by atoms with Crippen LogP contribution in [0.3, 0.4) is 0 Å². The van der Waals surface area contributed by atoms with Gasteiger partial charge in [0.2, 0.25) is 0 Å². The highest BCUT2D eigenvalue weighted by Crippen LogP contribution is 2.38. The van der Waals surface area contributed by atoms with E-state index in [9.17, 15) is 4.79 Å². The Kier molecular flexibility index (Phi) is 6.19. The van der Waals surface area contributed by atoms with E-state index in [1.807, 2.05) is 59.5 Å². The summed E-state index contributed by atoms with van der Waals surface area (Å²) in [4.78, 5) is 17.4. The average Bonchev–Trinajstić information content (AvgIpc) is 3.43. The number of rotatable bonds is 5. The van der Waals surface area contributed by atoms with E-state index < -0.39 is 0 Å². The number of urea groups is 1. The molecule has 2 aliphatic rings. The molecular formula is C26H25Cl2N3O2. The zero-order valence-corrected chi connectivity index (χ0v) is 19.8. The first-order valence-corrected chi connectivity index (χ1v) is 11.8. The minimum Gasteiger partial charge on any atom is -0.457 e. The van der Waals surface area contributed by atoms with Crippen molar-refractivity contribution in [2.45, 2.75) is 31.5 Å². The van der Waals surface area contributed by atoms with Crippen LogP contribution in [0.2, 0.25) is 10.0 Å². The third-order valence-corrected chi connectivity index (χ3v) is 7.15. The van der Waals surface area contributed by atoms with Crippen molar-refractivity contribution < 1.29 is 9.53 Å². The largest absolute Gasteiger partial charge is 0.457 e. The molecule has 0 spiro atoms. The number of halogens is 2. The Bertz CT molecular complexity index is 1140. The van der Waals surface area contributed by atoms with Crippen LogP contribution in [0.25, 0.3) is 0 Å². The molecule has 2 amide bonds. The number of ether oxygens (including phenoxy) is 1. The highest BCUT2D eigenvalue weighted by atomic mass is 35.5. The summed E-state index contributed by atoms with van der Waals surface area (Å²) in [6.45, 7) is 3.78. The fraction of sp³-hybridized carbons (Fsp3) is 0.269. The molecule has 3 unspecified atom stereocenters. The van der Waals surface area contributed by atoms with Crippen LogP contribution in [0.4, 0.5) is 10.5 Å². The normalized spacial score (nSPS) is 20.6. The van der Waals surface area contributed by atoms with Crippen LogP contribution >= 0.6 is 23.2 Å². The van der Waals surface area contributed by atoms with Crippen molar-refractivity contribution >= 4 is 34.9 Å². The van der Waals surface area contributed by atoms with Gasteiger partial charge in [-0.25, -0.2) is 4.79 Å². The van der Waals surface area contributed by atoms with E-state index in [1.165, 1.54) is 0 Å². The maximum Gasteiger partial charge on any atom is 0.322 e. The number of hydrogen-bond acceptors (Lipinski definition) is 3. The van der Waals surface area contributed by atoms with Crippen molar-refractivity contribution in [2.75, 3.05) is 18.4 Å². The molecule has 7 heteroatoms. The van der Waals surface area contributed by atoms with Gasteiger partial charge in [-0.05, 0) is 73.5 Å². The predicted octanol–water partition coefficient (Wildman–Crippen LogP) is 6.84. The van der Waals surface area contributed by atoms with Crippen LogP contribution in [0, 0.1) is 0 Å². The number of likely N-dealkylation sites (tertiary alicyclic amines) is 2. The number of nitrogens with zero attached hydrogens (tertiary/aromatic N) is 2. The van der Waals surface area contributed by atoms with Crippen molar-refractivity contribution in [2.24, 2.45) is 0 Å². The maximum absolute atomic E-state index is 12.9. The van der Waals surface area contributed by atoms with E-state index >= 15 is 0 Å². The number of carbonyl (C=O) groups excluding carboxylic acids is 1. The van der Waals surface area contributed by atoms with Crippen LogP contribution in [-0.4, -0.2) is 41.0 Å². The smallest absolute Gasteiger partial charge is 0.322 e. The Labute approximate surface area is 203 Å². The van der Waals surface area contributed by atoms with Crippen molar-refractivity contribution in [3.05, 3.63) is 88.4 Å². The molecule has 0 aromatic heterocycles. The maximum atomic E-state index is 12.9. The van der Waals surface area contributed by atoms with E-state index in [0.717, 1.165) is 35.8 Å². The Morgan fingerprint density at radius 2 is 1.61 bits per heavy atom.